The highest BCUT2D eigenvalue weighted by molar-refractivity contribution is 4.87. The maximum atomic E-state index is 5.96. The zero-order valence-electron chi connectivity index (χ0n) is 8.89. The summed E-state index contributed by atoms with van der Waals surface area (Å²) in [4.78, 5) is 0. The number of ether oxygens (including phenoxy) is 1. The first-order valence-electron chi connectivity index (χ1n) is 5.27. The van der Waals surface area contributed by atoms with Crippen LogP contribution in [0.2, 0.25) is 0 Å². The van der Waals surface area contributed by atoms with Gasteiger partial charge in [0.1, 0.15) is 0 Å². The van der Waals surface area contributed by atoms with Crippen molar-refractivity contribution in [2.24, 2.45) is 5.92 Å². The smallest absolute Gasteiger partial charge is 0.0634 e. The molecule has 1 aliphatic heterocycles. The van der Waals surface area contributed by atoms with E-state index in [0.29, 0.717) is 6.10 Å². The highest BCUT2D eigenvalue weighted by Gasteiger charge is 2.38. The molecule has 2 unspecified atom stereocenters. The lowest BCUT2D eigenvalue weighted by molar-refractivity contribution is -0.0225. The van der Waals surface area contributed by atoms with Crippen LogP contribution in [0.25, 0.3) is 0 Å². The van der Waals surface area contributed by atoms with Crippen LogP contribution >= 0.6 is 0 Å². The van der Waals surface area contributed by atoms with Crippen LogP contribution in [-0.4, -0.2) is 11.7 Å². The quantitative estimate of drug-likeness (QED) is 0.631. The summed E-state index contributed by atoms with van der Waals surface area (Å²) in [6.45, 7) is 8.92. The lowest BCUT2D eigenvalue weighted by Gasteiger charge is -2.18. The van der Waals surface area contributed by atoms with Crippen LogP contribution in [0, 0.1) is 5.92 Å². The van der Waals surface area contributed by atoms with Gasteiger partial charge in [-0.1, -0.05) is 20.3 Å². The zero-order chi connectivity index (χ0) is 9.19. The SMILES string of the molecule is CCCC1CC(C)(C)OC1CC. The first-order valence-corrected chi connectivity index (χ1v) is 5.27. The summed E-state index contributed by atoms with van der Waals surface area (Å²) in [5, 5.41) is 0. The van der Waals surface area contributed by atoms with Gasteiger partial charge in [-0.3, -0.25) is 0 Å². The van der Waals surface area contributed by atoms with E-state index in [1.807, 2.05) is 0 Å². The van der Waals surface area contributed by atoms with Crippen LogP contribution in [0.1, 0.15) is 53.4 Å². The second-order valence-corrected chi connectivity index (χ2v) is 4.58. The van der Waals surface area contributed by atoms with Crippen molar-refractivity contribution >= 4 is 0 Å². The Hall–Kier alpha value is -0.0400. The van der Waals surface area contributed by atoms with Crippen LogP contribution in [0.4, 0.5) is 0 Å². The Bertz CT molecular complexity index is 140. The van der Waals surface area contributed by atoms with E-state index in [4.69, 9.17) is 4.74 Å². The minimum absolute atomic E-state index is 0.139. The van der Waals surface area contributed by atoms with Crippen LogP contribution in [-0.2, 0) is 4.74 Å². The zero-order valence-corrected chi connectivity index (χ0v) is 8.89. The minimum atomic E-state index is 0.139. The monoisotopic (exact) mass is 170 g/mol. The van der Waals surface area contributed by atoms with Crippen molar-refractivity contribution in [2.75, 3.05) is 0 Å². The molecule has 1 saturated heterocycles. The molecule has 0 radical (unpaired) electrons. The van der Waals surface area contributed by atoms with Crippen molar-refractivity contribution in [3.63, 3.8) is 0 Å². The third-order valence-electron chi connectivity index (χ3n) is 2.81. The first-order chi connectivity index (χ1) is 5.59. The molecule has 0 bridgehead atoms. The van der Waals surface area contributed by atoms with E-state index in [1.54, 1.807) is 0 Å². The minimum Gasteiger partial charge on any atom is -0.372 e. The average molecular weight is 170 g/mol. The Morgan fingerprint density at radius 3 is 2.50 bits per heavy atom. The first kappa shape index (κ1) is 10.0. The van der Waals surface area contributed by atoms with E-state index in [9.17, 15) is 0 Å². The van der Waals surface area contributed by atoms with Gasteiger partial charge in [0.25, 0.3) is 0 Å². The highest BCUT2D eigenvalue weighted by atomic mass is 16.5. The normalized spacial score (nSPS) is 34.0. The maximum absolute atomic E-state index is 5.96. The van der Waals surface area contributed by atoms with Gasteiger partial charge in [-0.2, -0.15) is 0 Å². The maximum Gasteiger partial charge on any atom is 0.0634 e. The van der Waals surface area contributed by atoms with Gasteiger partial charge in [-0.15, -0.1) is 0 Å². The van der Waals surface area contributed by atoms with Gasteiger partial charge in [0.15, 0.2) is 0 Å². The Morgan fingerprint density at radius 2 is 2.00 bits per heavy atom. The third kappa shape index (κ3) is 2.22. The van der Waals surface area contributed by atoms with Gasteiger partial charge in [-0.05, 0) is 39.0 Å². The van der Waals surface area contributed by atoms with E-state index in [1.165, 1.54) is 25.7 Å². The molecule has 1 heterocycles. The van der Waals surface area contributed by atoms with Crippen molar-refractivity contribution in [1.82, 2.24) is 0 Å². The summed E-state index contributed by atoms with van der Waals surface area (Å²) < 4.78 is 5.96. The average Bonchev–Trinajstić information content (AvgIpc) is 2.26. The summed E-state index contributed by atoms with van der Waals surface area (Å²) in [7, 11) is 0. The Morgan fingerprint density at radius 1 is 1.33 bits per heavy atom. The molecule has 0 spiro atoms. The third-order valence-corrected chi connectivity index (χ3v) is 2.81. The number of hydrogen-bond donors (Lipinski definition) is 0. The van der Waals surface area contributed by atoms with Crippen molar-refractivity contribution < 1.29 is 4.74 Å². The van der Waals surface area contributed by atoms with Crippen molar-refractivity contribution in [1.29, 1.82) is 0 Å². The summed E-state index contributed by atoms with van der Waals surface area (Å²) in [6, 6.07) is 0. The fourth-order valence-corrected chi connectivity index (χ4v) is 2.39. The molecule has 0 saturated carbocycles. The fraction of sp³-hybridized carbons (Fsp3) is 1.00. The van der Waals surface area contributed by atoms with Gasteiger partial charge in [0.2, 0.25) is 0 Å². The molecule has 1 fully saturated rings. The Balaban J connectivity index is 2.50. The van der Waals surface area contributed by atoms with Crippen molar-refractivity contribution in [3.8, 4) is 0 Å². The van der Waals surface area contributed by atoms with Crippen molar-refractivity contribution in [2.45, 2.75) is 65.1 Å². The van der Waals surface area contributed by atoms with E-state index < -0.39 is 0 Å². The predicted octanol–water partition coefficient (Wildman–Crippen LogP) is 3.38. The van der Waals surface area contributed by atoms with E-state index in [2.05, 4.69) is 27.7 Å². The Kier molecular flexibility index (Phi) is 3.16. The molecule has 0 aromatic heterocycles. The van der Waals surface area contributed by atoms with Gasteiger partial charge in [-0.25, -0.2) is 0 Å². The summed E-state index contributed by atoms with van der Waals surface area (Å²) >= 11 is 0. The summed E-state index contributed by atoms with van der Waals surface area (Å²) in [6.07, 6.45) is 5.58. The summed E-state index contributed by atoms with van der Waals surface area (Å²) in [5.41, 5.74) is 0.139. The molecular formula is C11H22O. The molecule has 12 heavy (non-hydrogen) atoms. The standard InChI is InChI=1S/C11H22O/c1-5-7-9-8-11(3,4)12-10(9)6-2/h9-10H,5-8H2,1-4H3. The van der Waals surface area contributed by atoms with Crippen LogP contribution in [0.3, 0.4) is 0 Å². The van der Waals surface area contributed by atoms with Gasteiger partial charge >= 0.3 is 0 Å². The van der Waals surface area contributed by atoms with E-state index in [-0.39, 0.29) is 5.60 Å². The fourth-order valence-electron chi connectivity index (χ4n) is 2.39. The van der Waals surface area contributed by atoms with Gasteiger partial charge in [0.05, 0.1) is 11.7 Å². The van der Waals surface area contributed by atoms with Crippen LogP contribution < -0.4 is 0 Å². The van der Waals surface area contributed by atoms with E-state index in [0.717, 1.165) is 5.92 Å². The molecule has 1 aliphatic rings. The highest BCUT2D eigenvalue weighted by Crippen LogP contribution is 2.38. The predicted molar refractivity (Wildman–Crippen MR) is 52.3 cm³/mol. The van der Waals surface area contributed by atoms with Gasteiger partial charge in [0, 0.05) is 0 Å². The molecule has 1 rings (SSSR count). The molecule has 72 valence electrons. The number of hydrogen-bond acceptors (Lipinski definition) is 1. The molecule has 1 heteroatoms. The molecule has 0 amide bonds. The molecular weight excluding hydrogens is 148 g/mol. The lowest BCUT2D eigenvalue weighted by Crippen LogP contribution is -2.19. The molecule has 0 aromatic carbocycles. The largest absolute Gasteiger partial charge is 0.372 e. The Labute approximate surface area is 76.5 Å². The molecule has 0 N–H and O–H groups in total. The number of rotatable bonds is 3. The summed E-state index contributed by atoms with van der Waals surface area (Å²) in [5.74, 6) is 0.815. The van der Waals surface area contributed by atoms with E-state index >= 15 is 0 Å². The molecule has 1 nitrogen and oxygen atoms in total. The second-order valence-electron chi connectivity index (χ2n) is 4.58. The lowest BCUT2D eigenvalue weighted by atomic mass is 9.90. The van der Waals surface area contributed by atoms with Gasteiger partial charge < -0.3 is 4.74 Å². The molecule has 2 atom stereocenters. The van der Waals surface area contributed by atoms with Crippen LogP contribution in [0.15, 0.2) is 0 Å². The molecule has 0 aromatic rings. The van der Waals surface area contributed by atoms with Crippen molar-refractivity contribution in [3.05, 3.63) is 0 Å². The second kappa shape index (κ2) is 3.78. The molecule has 0 aliphatic carbocycles. The van der Waals surface area contributed by atoms with Crippen LogP contribution in [0.5, 0.6) is 0 Å². The topological polar surface area (TPSA) is 9.23 Å².